The molecule has 3 atom stereocenters. The standard InChI is InChI=1S/C9H16N2O/c1-5(2)11-9(12)8-6-3-10-4-7(6)8/h5-8,10H,3-4H2,1-2H3,(H,11,12)/t6-,7+,8?. The van der Waals surface area contributed by atoms with Crippen LogP contribution >= 0.6 is 0 Å². The van der Waals surface area contributed by atoms with Gasteiger partial charge in [-0.25, -0.2) is 0 Å². The summed E-state index contributed by atoms with van der Waals surface area (Å²) in [6, 6.07) is 0.284. The Bertz CT molecular complexity index is 193. The fraction of sp³-hybridized carbons (Fsp3) is 0.889. The Balaban J connectivity index is 1.84. The van der Waals surface area contributed by atoms with Gasteiger partial charge in [0.15, 0.2) is 0 Å². The van der Waals surface area contributed by atoms with E-state index in [1.54, 1.807) is 0 Å². The molecule has 1 saturated heterocycles. The molecule has 1 saturated carbocycles. The number of amides is 1. The maximum Gasteiger partial charge on any atom is 0.223 e. The summed E-state index contributed by atoms with van der Waals surface area (Å²) in [5.74, 6) is 1.88. The Morgan fingerprint density at radius 3 is 2.50 bits per heavy atom. The van der Waals surface area contributed by atoms with Crippen LogP contribution in [0.2, 0.25) is 0 Å². The number of rotatable bonds is 2. The van der Waals surface area contributed by atoms with Crippen molar-refractivity contribution in [3.8, 4) is 0 Å². The van der Waals surface area contributed by atoms with Crippen LogP contribution in [0.4, 0.5) is 0 Å². The van der Waals surface area contributed by atoms with E-state index in [4.69, 9.17) is 0 Å². The van der Waals surface area contributed by atoms with Crippen LogP contribution in [0.15, 0.2) is 0 Å². The summed E-state index contributed by atoms with van der Waals surface area (Å²) < 4.78 is 0. The summed E-state index contributed by atoms with van der Waals surface area (Å²) in [6.45, 7) is 6.10. The second kappa shape index (κ2) is 2.73. The number of hydrogen-bond acceptors (Lipinski definition) is 2. The van der Waals surface area contributed by atoms with Gasteiger partial charge in [0.1, 0.15) is 0 Å². The molecule has 0 aromatic heterocycles. The molecular weight excluding hydrogens is 152 g/mol. The van der Waals surface area contributed by atoms with Gasteiger partial charge >= 0.3 is 0 Å². The predicted molar refractivity (Wildman–Crippen MR) is 46.6 cm³/mol. The molecule has 0 radical (unpaired) electrons. The second-order valence-corrected chi connectivity index (χ2v) is 4.18. The van der Waals surface area contributed by atoms with Crippen molar-refractivity contribution in [3.05, 3.63) is 0 Å². The average molecular weight is 168 g/mol. The quantitative estimate of drug-likeness (QED) is 0.608. The lowest BCUT2D eigenvalue weighted by atomic mass is 10.2. The first-order valence-electron chi connectivity index (χ1n) is 4.71. The van der Waals surface area contributed by atoms with Gasteiger partial charge < -0.3 is 10.6 Å². The zero-order valence-electron chi connectivity index (χ0n) is 7.63. The van der Waals surface area contributed by atoms with Crippen molar-refractivity contribution in [2.45, 2.75) is 19.9 Å². The molecule has 2 fully saturated rings. The first-order chi connectivity index (χ1) is 5.70. The molecule has 12 heavy (non-hydrogen) atoms. The normalized spacial score (nSPS) is 38.1. The summed E-state index contributed by atoms with van der Waals surface area (Å²) in [6.07, 6.45) is 0. The van der Waals surface area contributed by atoms with E-state index < -0.39 is 0 Å². The Kier molecular flexibility index (Phi) is 1.83. The highest BCUT2D eigenvalue weighted by Crippen LogP contribution is 2.48. The van der Waals surface area contributed by atoms with Gasteiger partial charge in [0.05, 0.1) is 0 Å². The van der Waals surface area contributed by atoms with Crippen LogP contribution < -0.4 is 10.6 Å². The molecule has 1 unspecified atom stereocenters. The van der Waals surface area contributed by atoms with Crippen molar-refractivity contribution in [3.63, 3.8) is 0 Å². The molecule has 1 aliphatic heterocycles. The minimum atomic E-state index is 0.265. The van der Waals surface area contributed by atoms with E-state index in [-0.39, 0.29) is 11.9 Å². The molecule has 0 aromatic rings. The van der Waals surface area contributed by atoms with Crippen LogP contribution in [0.5, 0.6) is 0 Å². The summed E-state index contributed by atoms with van der Waals surface area (Å²) in [7, 11) is 0. The first-order valence-corrected chi connectivity index (χ1v) is 4.71. The van der Waals surface area contributed by atoms with Crippen LogP contribution in [0.25, 0.3) is 0 Å². The fourth-order valence-corrected chi connectivity index (χ4v) is 2.19. The number of carbonyl (C=O) groups is 1. The van der Waals surface area contributed by atoms with Gasteiger partial charge in [-0.05, 0) is 38.8 Å². The first kappa shape index (κ1) is 8.05. The zero-order chi connectivity index (χ0) is 8.72. The third-order valence-electron chi connectivity index (χ3n) is 2.83. The van der Waals surface area contributed by atoms with Crippen molar-refractivity contribution in [1.29, 1.82) is 0 Å². The maximum atomic E-state index is 11.5. The van der Waals surface area contributed by atoms with E-state index in [0.717, 1.165) is 13.1 Å². The minimum Gasteiger partial charge on any atom is -0.354 e. The zero-order valence-corrected chi connectivity index (χ0v) is 7.63. The summed E-state index contributed by atoms with van der Waals surface area (Å²) in [4.78, 5) is 11.5. The van der Waals surface area contributed by atoms with Gasteiger partial charge in [0.2, 0.25) is 5.91 Å². The van der Waals surface area contributed by atoms with Crippen molar-refractivity contribution < 1.29 is 4.79 Å². The number of hydrogen-bond donors (Lipinski definition) is 2. The van der Waals surface area contributed by atoms with Crippen LogP contribution in [0.1, 0.15) is 13.8 Å². The van der Waals surface area contributed by atoms with Crippen molar-refractivity contribution in [2.24, 2.45) is 17.8 Å². The largest absolute Gasteiger partial charge is 0.354 e. The summed E-state index contributed by atoms with van der Waals surface area (Å²) in [5.41, 5.74) is 0. The van der Waals surface area contributed by atoms with E-state index >= 15 is 0 Å². The van der Waals surface area contributed by atoms with E-state index in [2.05, 4.69) is 10.6 Å². The number of nitrogens with one attached hydrogen (secondary N) is 2. The van der Waals surface area contributed by atoms with Gasteiger partial charge in [-0.15, -0.1) is 0 Å². The molecule has 3 nitrogen and oxygen atoms in total. The Labute approximate surface area is 72.9 Å². The summed E-state index contributed by atoms with van der Waals surface area (Å²) >= 11 is 0. The number of fused-ring (bicyclic) bond motifs is 1. The molecule has 1 heterocycles. The highest BCUT2D eigenvalue weighted by Gasteiger charge is 2.56. The summed E-state index contributed by atoms with van der Waals surface area (Å²) in [5, 5.41) is 6.25. The Hall–Kier alpha value is -0.570. The van der Waals surface area contributed by atoms with Gasteiger partial charge in [-0.3, -0.25) is 4.79 Å². The lowest BCUT2D eigenvalue weighted by Gasteiger charge is -2.09. The van der Waals surface area contributed by atoms with E-state index in [1.165, 1.54) is 0 Å². The minimum absolute atomic E-state index is 0.265. The Morgan fingerprint density at radius 2 is 2.00 bits per heavy atom. The number of piperidine rings is 1. The molecular formula is C9H16N2O. The smallest absolute Gasteiger partial charge is 0.223 e. The molecule has 68 valence electrons. The van der Waals surface area contributed by atoms with E-state index in [0.29, 0.717) is 17.8 Å². The maximum absolute atomic E-state index is 11.5. The molecule has 1 amide bonds. The van der Waals surface area contributed by atoms with E-state index in [1.807, 2.05) is 13.8 Å². The molecule has 2 aliphatic rings. The molecule has 0 spiro atoms. The molecule has 2 N–H and O–H groups in total. The topological polar surface area (TPSA) is 41.1 Å². The van der Waals surface area contributed by atoms with Gasteiger partial charge in [0, 0.05) is 12.0 Å². The van der Waals surface area contributed by atoms with Crippen molar-refractivity contribution in [2.75, 3.05) is 13.1 Å². The van der Waals surface area contributed by atoms with Crippen molar-refractivity contribution >= 4 is 5.91 Å². The second-order valence-electron chi connectivity index (χ2n) is 4.18. The highest BCUT2D eigenvalue weighted by atomic mass is 16.2. The lowest BCUT2D eigenvalue weighted by Crippen LogP contribution is -2.34. The molecule has 0 aromatic carbocycles. The monoisotopic (exact) mass is 168 g/mol. The van der Waals surface area contributed by atoms with Gasteiger partial charge in [0.25, 0.3) is 0 Å². The molecule has 1 aliphatic carbocycles. The van der Waals surface area contributed by atoms with Crippen LogP contribution in [0.3, 0.4) is 0 Å². The predicted octanol–water partition coefficient (Wildman–Crippen LogP) is -0.0236. The van der Waals surface area contributed by atoms with Crippen LogP contribution in [-0.4, -0.2) is 25.0 Å². The third kappa shape index (κ3) is 1.22. The van der Waals surface area contributed by atoms with Gasteiger partial charge in [-0.1, -0.05) is 0 Å². The fourth-order valence-electron chi connectivity index (χ4n) is 2.19. The van der Waals surface area contributed by atoms with Crippen LogP contribution in [-0.2, 0) is 4.79 Å². The highest BCUT2D eigenvalue weighted by molar-refractivity contribution is 5.82. The molecule has 3 heteroatoms. The Morgan fingerprint density at radius 1 is 1.42 bits per heavy atom. The molecule has 2 rings (SSSR count). The third-order valence-corrected chi connectivity index (χ3v) is 2.83. The average Bonchev–Trinajstić information content (AvgIpc) is 2.45. The SMILES string of the molecule is CC(C)NC(=O)C1[C@H]2CNC[C@@H]12. The lowest BCUT2D eigenvalue weighted by molar-refractivity contribution is -0.123. The van der Waals surface area contributed by atoms with E-state index in [9.17, 15) is 4.79 Å². The van der Waals surface area contributed by atoms with Gasteiger partial charge in [-0.2, -0.15) is 0 Å². The van der Waals surface area contributed by atoms with Crippen molar-refractivity contribution in [1.82, 2.24) is 10.6 Å². The number of carbonyl (C=O) groups excluding carboxylic acids is 1. The molecule has 0 bridgehead atoms. The van der Waals surface area contributed by atoms with Crippen LogP contribution in [0, 0.1) is 17.8 Å².